The fourth-order valence-corrected chi connectivity index (χ4v) is 2.76. The second-order valence-electron chi connectivity index (χ2n) is 5.02. The summed E-state index contributed by atoms with van der Waals surface area (Å²) >= 11 is 12.8. The summed E-state index contributed by atoms with van der Waals surface area (Å²) in [5, 5.41) is 12.0. The molecular weight excluding hydrogens is 376 g/mol. The molecule has 1 heterocycles. The van der Waals surface area contributed by atoms with Crippen molar-refractivity contribution in [3.63, 3.8) is 0 Å². The van der Waals surface area contributed by atoms with Crippen molar-refractivity contribution in [3.8, 4) is 5.75 Å². The van der Waals surface area contributed by atoms with Crippen LogP contribution in [0.2, 0.25) is 5.02 Å². The maximum atomic E-state index is 5.86. The summed E-state index contributed by atoms with van der Waals surface area (Å²) in [6.07, 6.45) is 3.78. The van der Waals surface area contributed by atoms with Crippen molar-refractivity contribution in [1.82, 2.24) is 14.9 Å². The van der Waals surface area contributed by atoms with Crippen molar-refractivity contribution >= 4 is 41.8 Å². The average Bonchev–Trinajstić information content (AvgIpc) is 2.99. The molecule has 0 aliphatic heterocycles. The van der Waals surface area contributed by atoms with Crippen LogP contribution >= 0.6 is 35.6 Å². The zero-order valence-corrected chi connectivity index (χ0v) is 15.7. The molecule has 0 spiro atoms. The number of thioether (sulfide) groups is 1. The lowest BCUT2D eigenvalue weighted by atomic mass is 10.2. The van der Waals surface area contributed by atoms with Crippen molar-refractivity contribution < 1.29 is 4.74 Å². The number of aromatic amines is 1. The molecule has 25 heavy (non-hydrogen) atoms. The standard InChI is InChI=1S/C17H15ClN4OS2/c1-25-15-8-2-12(3-9-15)10-19-22-16(20-21-17(22)24)11-23-14-6-4-13(18)5-7-14/h2-10H,11H2,1H3,(H,21,24)/b19-10-. The Bertz CT molecular complexity index is 917. The maximum Gasteiger partial charge on any atom is 0.216 e. The molecule has 0 atom stereocenters. The van der Waals surface area contributed by atoms with Crippen LogP contribution in [-0.4, -0.2) is 27.3 Å². The average molecular weight is 391 g/mol. The first-order valence-electron chi connectivity index (χ1n) is 7.39. The number of nitrogens with one attached hydrogen (secondary N) is 1. The van der Waals surface area contributed by atoms with Crippen LogP contribution in [0.4, 0.5) is 0 Å². The van der Waals surface area contributed by atoms with Crippen molar-refractivity contribution in [2.75, 3.05) is 6.26 Å². The van der Waals surface area contributed by atoms with E-state index in [0.717, 1.165) is 5.56 Å². The number of benzene rings is 2. The van der Waals surface area contributed by atoms with E-state index >= 15 is 0 Å². The number of hydrogen-bond acceptors (Lipinski definition) is 5. The molecule has 5 nitrogen and oxygen atoms in total. The lowest BCUT2D eigenvalue weighted by Crippen LogP contribution is -2.04. The number of nitrogens with zero attached hydrogens (tertiary/aromatic N) is 3. The van der Waals surface area contributed by atoms with Crippen LogP contribution in [-0.2, 0) is 6.61 Å². The molecule has 0 amide bonds. The molecule has 3 aromatic rings. The lowest BCUT2D eigenvalue weighted by molar-refractivity contribution is 0.290. The smallest absolute Gasteiger partial charge is 0.216 e. The summed E-state index contributed by atoms with van der Waals surface area (Å²) in [4.78, 5) is 1.20. The molecule has 128 valence electrons. The van der Waals surface area contributed by atoms with Gasteiger partial charge >= 0.3 is 0 Å². The Hall–Kier alpha value is -2.09. The Morgan fingerprint density at radius 2 is 1.96 bits per heavy atom. The molecular formula is C17H15ClN4OS2. The highest BCUT2D eigenvalue weighted by atomic mass is 35.5. The summed E-state index contributed by atoms with van der Waals surface area (Å²) < 4.78 is 7.66. The quantitative estimate of drug-likeness (QED) is 0.374. The first-order valence-corrected chi connectivity index (χ1v) is 9.40. The molecule has 2 aromatic carbocycles. The zero-order chi connectivity index (χ0) is 17.6. The molecule has 0 saturated carbocycles. The monoisotopic (exact) mass is 390 g/mol. The SMILES string of the molecule is CSc1ccc(/C=N\n2c(COc3ccc(Cl)cc3)n[nH]c2=S)cc1. The van der Waals surface area contributed by atoms with E-state index in [1.165, 1.54) is 4.90 Å². The van der Waals surface area contributed by atoms with Crippen LogP contribution < -0.4 is 4.74 Å². The maximum absolute atomic E-state index is 5.86. The molecule has 0 radical (unpaired) electrons. The number of hydrogen-bond donors (Lipinski definition) is 1. The molecule has 3 rings (SSSR count). The van der Waals surface area contributed by atoms with E-state index in [1.807, 2.05) is 30.5 Å². The number of H-pyrrole nitrogens is 1. The van der Waals surface area contributed by atoms with Gasteiger partial charge in [0.2, 0.25) is 4.77 Å². The summed E-state index contributed by atoms with van der Waals surface area (Å²) in [6.45, 7) is 0.234. The Morgan fingerprint density at radius 1 is 1.24 bits per heavy atom. The van der Waals surface area contributed by atoms with Gasteiger partial charge in [0.15, 0.2) is 5.82 Å². The third-order valence-corrected chi connectivity index (χ3v) is 4.60. The Kier molecular flexibility index (Phi) is 5.91. The van der Waals surface area contributed by atoms with Gasteiger partial charge in [0, 0.05) is 9.92 Å². The second-order valence-corrected chi connectivity index (χ2v) is 6.72. The molecule has 0 bridgehead atoms. The molecule has 1 aromatic heterocycles. The van der Waals surface area contributed by atoms with E-state index in [0.29, 0.717) is 21.4 Å². The number of ether oxygens (including phenoxy) is 1. The Balaban J connectivity index is 1.73. The van der Waals surface area contributed by atoms with Gasteiger partial charge < -0.3 is 4.74 Å². The van der Waals surface area contributed by atoms with E-state index in [9.17, 15) is 0 Å². The minimum atomic E-state index is 0.234. The first kappa shape index (κ1) is 17.7. The highest BCUT2D eigenvalue weighted by Crippen LogP contribution is 2.17. The fourth-order valence-electron chi connectivity index (χ4n) is 2.03. The summed E-state index contributed by atoms with van der Waals surface area (Å²) in [7, 11) is 0. The van der Waals surface area contributed by atoms with Gasteiger partial charge in [-0.25, -0.2) is 5.10 Å². The van der Waals surface area contributed by atoms with Gasteiger partial charge in [-0.2, -0.15) is 14.9 Å². The van der Waals surface area contributed by atoms with Crippen molar-refractivity contribution in [2.45, 2.75) is 11.5 Å². The minimum Gasteiger partial charge on any atom is -0.486 e. The van der Waals surface area contributed by atoms with Crippen LogP contribution in [0.5, 0.6) is 5.75 Å². The van der Waals surface area contributed by atoms with Gasteiger partial charge in [-0.05, 0) is 60.4 Å². The van der Waals surface area contributed by atoms with E-state index in [2.05, 4.69) is 15.3 Å². The van der Waals surface area contributed by atoms with Crippen molar-refractivity contribution in [1.29, 1.82) is 0 Å². The van der Waals surface area contributed by atoms with Crippen LogP contribution in [0.3, 0.4) is 0 Å². The van der Waals surface area contributed by atoms with Gasteiger partial charge in [-0.3, -0.25) is 0 Å². The van der Waals surface area contributed by atoms with Crippen LogP contribution in [0.15, 0.2) is 58.5 Å². The van der Waals surface area contributed by atoms with Crippen LogP contribution in [0, 0.1) is 4.77 Å². The predicted molar refractivity (Wildman–Crippen MR) is 104 cm³/mol. The van der Waals surface area contributed by atoms with Gasteiger partial charge in [-0.1, -0.05) is 23.7 Å². The third-order valence-electron chi connectivity index (χ3n) is 3.34. The van der Waals surface area contributed by atoms with Crippen molar-refractivity contribution in [3.05, 3.63) is 69.7 Å². The van der Waals surface area contributed by atoms with Gasteiger partial charge in [0.25, 0.3) is 0 Å². The van der Waals surface area contributed by atoms with E-state index in [-0.39, 0.29) is 6.61 Å². The molecule has 0 aliphatic rings. The molecule has 0 saturated heterocycles. The fraction of sp³-hybridized carbons (Fsp3) is 0.118. The summed E-state index contributed by atoms with van der Waals surface area (Å²) in [6, 6.07) is 15.2. The molecule has 0 unspecified atom stereocenters. The minimum absolute atomic E-state index is 0.234. The molecule has 1 N–H and O–H groups in total. The molecule has 0 aliphatic carbocycles. The lowest BCUT2D eigenvalue weighted by Gasteiger charge is -2.05. The number of halogens is 1. The van der Waals surface area contributed by atoms with E-state index in [1.54, 1.807) is 46.9 Å². The summed E-state index contributed by atoms with van der Waals surface area (Å²) in [5.74, 6) is 1.28. The zero-order valence-electron chi connectivity index (χ0n) is 13.3. The topological polar surface area (TPSA) is 55.2 Å². The van der Waals surface area contributed by atoms with Crippen LogP contribution in [0.25, 0.3) is 0 Å². The van der Waals surface area contributed by atoms with Gasteiger partial charge in [0.1, 0.15) is 12.4 Å². The first-order chi connectivity index (χ1) is 12.2. The van der Waals surface area contributed by atoms with Crippen LogP contribution in [0.1, 0.15) is 11.4 Å². The third kappa shape index (κ3) is 4.72. The Labute approximate surface area is 159 Å². The Morgan fingerprint density at radius 3 is 2.64 bits per heavy atom. The highest BCUT2D eigenvalue weighted by molar-refractivity contribution is 7.98. The normalized spacial score (nSPS) is 11.1. The molecule has 0 fully saturated rings. The second kappa shape index (κ2) is 8.33. The number of rotatable bonds is 6. The van der Waals surface area contributed by atoms with Crippen molar-refractivity contribution in [2.24, 2.45) is 5.10 Å². The highest BCUT2D eigenvalue weighted by Gasteiger charge is 2.06. The van der Waals surface area contributed by atoms with E-state index < -0.39 is 0 Å². The molecule has 8 heteroatoms. The largest absolute Gasteiger partial charge is 0.486 e. The van der Waals surface area contributed by atoms with Gasteiger partial charge in [0.05, 0.1) is 6.21 Å². The predicted octanol–water partition coefficient (Wildman–Crippen LogP) is 4.78. The van der Waals surface area contributed by atoms with E-state index in [4.69, 9.17) is 28.6 Å². The van der Waals surface area contributed by atoms with Gasteiger partial charge in [-0.15, -0.1) is 11.8 Å². The summed E-state index contributed by atoms with van der Waals surface area (Å²) in [5.41, 5.74) is 0.977. The number of aromatic nitrogens is 3.